The van der Waals surface area contributed by atoms with Crippen LogP contribution < -0.4 is 4.89 Å². The molecule has 1 heterocycles. The van der Waals surface area contributed by atoms with Gasteiger partial charge in [0.15, 0.2) is 0 Å². The summed E-state index contributed by atoms with van der Waals surface area (Å²) in [6, 6.07) is 4.23. The van der Waals surface area contributed by atoms with E-state index in [1.807, 2.05) is 4.89 Å². The number of hydrogen-bond acceptors (Lipinski definition) is 5. The maximum Gasteiger partial charge on any atom is 0.329 e. The van der Waals surface area contributed by atoms with Crippen molar-refractivity contribution in [2.45, 2.75) is 37.0 Å². The number of aromatic nitrogens is 1. The van der Waals surface area contributed by atoms with Crippen molar-refractivity contribution in [2.75, 3.05) is 0 Å². The average Bonchev–Trinajstić information content (AvgIpc) is 2.63. The zero-order chi connectivity index (χ0) is 18.0. The minimum atomic E-state index is -4.04. The van der Waals surface area contributed by atoms with Gasteiger partial charge in [-0.1, -0.05) is 48.5 Å². The van der Waals surface area contributed by atoms with E-state index in [1.54, 1.807) is 0 Å². The molecule has 1 aromatic heterocycles. The average molecular weight is 403 g/mol. The Morgan fingerprint density at radius 2 is 1.88 bits per heavy atom. The van der Waals surface area contributed by atoms with Crippen LogP contribution in [0.2, 0.25) is 10.2 Å². The van der Waals surface area contributed by atoms with Gasteiger partial charge in [0, 0.05) is 17.0 Å². The van der Waals surface area contributed by atoms with E-state index in [-0.39, 0.29) is 16.0 Å². The molecule has 6 nitrogen and oxygen atoms in total. The number of hydrogen-bond donors (Lipinski definition) is 1. The lowest BCUT2D eigenvalue weighted by Gasteiger charge is -2.19. The molecule has 0 radical (unpaired) electrons. The summed E-state index contributed by atoms with van der Waals surface area (Å²) in [5.41, 5.74) is 0. The lowest BCUT2D eigenvalue weighted by molar-refractivity contribution is -0.153. The first-order chi connectivity index (χ1) is 11.9. The maximum atomic E-state index is 12.4. The first kappa shape index (κ1) is 18.4. The molecule has 9 heteroatoms. The molecular weight excluding hydrogens is 387 g/mol. The van der Waals surface area contributed by atoms with Crippen molar-refractivity contribution in [1.82, 2.24) is 9.87 Å². The van der Waals surface area contributed by atoms with Gasteiger partial charge < -0.3 is 4.84 Å². The van der Waals surface area contributed by atoms with Crippen LogP contribution in [-0.2, 0) is 19.7 Å². The van der Waals surface area contributed by atoms with E-state index in [2.05, 4.69) is 4.98 Å². The molecule has 1 aliphatic rings. The number of carbonyl (C=O) groups is 1. The van der Waals surface area contributed by atoms with E-state index in [9.17, 15) is 13.2 Å². The first-order valence-electron chi connectivity index (χ1n) is 7.85. The monoisotopic (exact) mass is 402 g/mol. The number of sulfonamides is 1. The summed E-state index contributed by atoms with van der Waals surface area (Å²) in [7, 11) is -4.04. The number of nitrogens with zero attached hydrogens (tertiary/aromatic N) is 1. The molecule has 0 unspecified atom stereocenters. The molecule has 0 bridgehead atoms. The minimum Gasteiger partial charge on any atom is -0.355 e. The van der Waals surface area contributed by atoms with Gasteiger partial charge in [-0.3, -0.25) is 4.79 Å². The van der Waals surface area contributed by atoms with Crippen LogP contribution in [0.25, 0.3) is 10.8 Å². The first-order valence-corrected chi connectivity index (χ1v) is 10.1. The third-order valence-electron chi connectivity index (χ3n) is 4.26. The van der Waals surface area contributed by atoms with E-state index < -0.39 is 16.0 Å². The molecule has 2 aromatic rings. The second-order valence-corrected chi connectivity index (χ2v) is 8.36. The smallest absolute Gasteiger partial charge is 0.329 e. The molecule has 134 valence electrons. The summed E-state index contributed by atoms with van der Waals surface area (Å²) in [4.78, 5) is 22.5. The molecule has 0 atom stereocenters. The SMILES string of the molecule is O=C(ONS(=O)(=O)c1ccc2c(Cl)cnc(Cl)c2c1)C1CCCCC1. The van der Waals surface area contributed by atoms with E-state index in [1.165, 1.54) is 24.4 Å². The van der Waals surface area contributed by atoms with Crippen LogP contribution in [0.3, 0.4) is 0 Å². The van der Waals surface area contributed by atoms with Crippen LogP contribution in [-0.4, -0.2) is 19.4 Å². The predicted molar refractivity (Wildman–Crippen MR) is 94.8 cm³/mol. The standard InChI is InChI=1S/C16H16Cl2N2O4S/c17-14-9-19-15(18)13-8-11(6-7-12(13)14)25(22,23)20-24-16(21)10-4-2-1-3-5-10/h6-10,20H,1-5H2. The molecule has 1 saturated carbocycles. The molecule has 0 spiro atoms. The van der Waals surface area contributed by atoms with Gasteiger partial charge in [0.2, 0.25) is 0 Å². The van der Waals surface area contributed by atoms with E-state index in [0.717, 1.165) is 32.1 Å². The van der Waals surface area contributed by atoms with Gasteiger partial charge in [-0.15, -0.1) is 0 Å². The second kappa shape index (κ2) is 7.45. The van der Waals surface area contributed by atoms with Crippen molar-refractivity contribution in [3.8, 4) is 0 Å². The van der Waals surface area contributed by atoms with Crippen LogP contribution >= 0.6 is 23.2 Å². The molecule has 1 N–H and O–H groups in total. The van der Waals surface area contributed by atoms with E-state index >= 15 is 0 Å². The fourth-order valence-corrected chi connectivity index (χ4v) is 4.11. The summed E-state index contributed by atoms with van der Waals surface area (Å²) < 4.78 is 24.7. The topological polar surface area (TPSA) is 85.4 Å². The molecule has 25 heavy (non-hydrogen) atoms. The zero-order valence-corrected chi connectivity index (χ0v) is 15.5. The Hall–Kier alpha value is -1.41. The number of nitrogens with one attached hydrogen (secondary N) is 1. The molecule has 1 fully saturated rings. The normalized spacial score (nSPS) is 16.1. The van der Waals surface area contributed by atoms with Crippen LogP contribution in [0.5, 0.6) is 0 Å². The van der Waals surface area contributed by atoms with Crippen LogP contribution in [0.4, 0.5) is 0 Å². The molecule has 0 aliphatic heterocycles. The summed E-state index contributed by atoms with van der Waals surface area (Å²) in [5, 5.41) is 1.48. The van der Waals surface area contributed by atoms with Crippen molar-refractivity contribution in [1.29, 1.82) is 0 Å². The van der Waals surface area contributed by atoms with Gasteiger partial charge in [-0.2, -0.15) is 0 Å². The molecule has 3 rings (SSSR count). The second-order valence-electron chi connectivity index (χ2n) is 5.95. The minimum absolute atomic E-state index is 0.0950. The summed E-state index contributed by atoms with van der Waals surface area (Å²) in [6.07, 6.45) is 5.81. The van der Waals surface area contributed by atoms with Gasteiger partial charge in [0.1, 0.15) is 5.15 Å². The Labute approximate surface area is 155 Å². The van der Waals surface area contributed by atoms with Gasteiger partial charge in [-0.25, -0.2) is 13.4 Å². The Morgan fingerprint density at radius 1 is 1.16 bits per heavy atom. The van der Waals surface area contributed by atoms with Gasteiger partial charge >= 0.3 is 5.97 Å². The van der Waals surface area contributed by atoms with Crippen LogP contribution in [0.1, 0.15) is 32.1 Å². The largest absolute Gasteiger partial charge is 0.355 e. The highest BCUT2D eigenvalue weighted by Crippen LogP contribution is 2.30. The molecular formula is C16H16Cl2N2O4S. The van der Waals surface area contributed by atoms with Gasteiger partial charge in [0.25, 0.3) is 10.0 Å². The molecule has 1 aliphatic carbocycles. The van der Waals surface area contributed by atoms with Crippen LogP contribution in [0.15, 0.2) is 29.3 Å². The molecule has 0 saturated heterocycles. The fraction of sp³-hybridized carbons (Fsp3) is 0.375. The van der Waals surface area contributed by atoms with Crippen molar-refractivity contribution in [3.05, 3.63) is 34.6 Å². The molecule has 0 amide bonds. The zero-order valence-electron chi connectivity index (χ0n) is 13.2. The predicted octanol–water partition coefficient (Wildman–Crippen LogP) is 3.86. The Morgan fingerprint density at radius 3 is 2.60 bits per heavy atom. The van der Waals surface area contributed by atoms with Crippen molar-refractivity contribution >= 4 is 50.0 Å². The summed E-state index contributed by atoms with van der Waals surface area (Å²) >= 11 is 12.0. The molecule has 1 aromatic carbocycles. The third kappa shape index (κ3) is 4.06. The van der Waals surface area contributed by atoms with Gasteiger partial charge in [0.05, 0.1) is 15.8 Å². The number of rotatable bonds is 4. The van der Waals surface area contributed by atoms with Crippen molar-refractivity contribution < 1.29 is 18.0 Å². The Kier molecular flexibility index (Phi) is 5.48. The lowest BCUT2D eigenvalue weighted by atomic mass is 9.89. The maximum absolute atomic E-state index is 12.4. The number of halogens is 2. The number of carbonyl (C=O) groups excluding carboxylic acids is 1. The number of pyridine rings is 1. The Bertz CT molecular complexity index is 912. The highest BCUT2D eigenvalue weighted by atomic mass is 35.5. The van der Waals surface area contributed by atoms with E-state index in [4.69, 9.17) is 28.0 Å². The highest BCUT2D eigenvalue weighted by Gasteiger charge is 2.25. The van der Waals surface area contributed by atoms with Crippen molar-refractivity contribution in [3.63, 3.8) is 0 Å². The van der Waals surface area contributed by atoms with Crippen LogP contribution in [0, 0.1) is 5.92 Å². The summed E-state index contributed by atoms with van der Waals surface area (Å²) in [5.74, 6) is -0.808. The number of fused-ring (bicyclic) bond motifs is 1. The number of benzene rings is 1. The third-order valence-corrected chi connectivity index (χ3v) is 6.04. The summed E-state index contributed by atoms with van der Waals surface area (Å²) in [6.45, 7) is 0. The lowest BCUT2D eigenvalue weighted by Crippen LogP contribution is -2.31. The fourth-order valence-electron chi connectivity index (χ4n) is 2.89. The quantitative estimate of drug-likeness (QED) is 0.619. The van der Waals surface area contributed by atoms with Gasteiger partial charge in [-0.05, 0) is 29.9 Å². The highest BCUT2D eigenvalue weighted by molar-refractivity contribution is 7.89. The van der Waals surface area contributed by atoms with Crippen molar-refractivity contribution in [2.24, 2.45) is 5.92 Å². The van der Waals surface area contributed by atoms with E-state index in [0.29, 0.717) is 15.8 Å². The Balaban J connectivity index is 1.79.